The van der Waals surface area contributed by atoms with Crippen LogP contribution in [0.4, 0.5) is 5.82 Å². The summed E-state index contributed by atoms with van der Waals surface area (Å²) in [4.78, 5) is 12.5. The Bertz CT molecular complexity index is 774. The molecule has 3 rings (SSSR count). The average molecular weight is 262 g/mol. The van der Waals surface area contributed by atoms with Crippen molar-refractivity contribution in [1.82, 2.24) is 15.0 Å². The van der Waals surface area contributed by atoms with E-state index in [1.807, 2.05) is 6.07 Å². The SMILES string of the molecule is C#Cc1cc(-c2ccncn2)c(-c2ccco2)nc1N. The standard InChI is InChI=1S/C15H10N4O/c1-2-10-8-11(12-5-6-17-9-18-12)14(19-15(10)16)13-4-3-7-20-13/h1,3-9H,(H2,16,19). The molecule has 0 aromatic carbocycles. The van der Waals surface area contributed by atoms with Crippen LogP contribution in [0.15, 0.2) is 47.5 Å². The van der Waals surface area contributed by atoms with Gasteiger partial charge >= 0.3 is 0 Å². The number of hydrogen-bond acceptors (Lipinski definition) is 5. The number of rotatable bonds is 2. The van der Waals surface area contributed by atoms with Gasteiger partial charge in [0, 0.05) is 11.8 Å². The maximum atomic E-state index is 5.86. The number of terminal acetylenes is 1. The van der Waals surface area contributed by atoms with Gasteiger partial charge in [-0.05, 0) is 24.3 Å². The van der Waals surface area contributed by atoms with Crippen molar-refractivity contribution >= 4 is 5.82 Å². The molecule has 2 N–H and O–H groups in total. The van der Waals surface area contributed by atoms with Crippen molar-refractivity contribution in [3.05, 3.63) is 48.6 Å². The van der Waals surface area contributed by atoms with E-state index in [1.54, 1.807) is 30.7 Å². The van der Waals surface area contributed by atoms with Crippen LogP contribution in [0, 0.1) is 12.3 Å². The Morgan fingerprint density at radius 2 is 2.20 bits per heavy atom. The summed E-state index contributed by atoms with van der Waals surface area (Å²) in [5.74, 6) is 3.41. The van der Waals surface area contributed by atoms with E-state index in [2.05, 4.69) is 20.9 Å². The van der Waals surface area contributed by atoms with E-state index >= 15 is 0 Å². The van der Waals surface area contributed by atoms with E-state index in [4.69, 9.17) is 16.6 Å². The van der Waals surface area contributed by atoms with Crippen molar-refractivity contribution in [2.75, 3.05) is 5.73 Å². The molecular formula is C15H10N4O. The molecular weight excluding hydrogens is 252 g/mol. The first-order chi connectivity index (χ1) is 9.79. The fraction of sp³-hybridized carbons (Fsp3) is 0. The molecule has 0 aliphatic rings. The van der Waals surface area contributed by atoms with Gasteiger partial charge in [-0.2, -0.15) is 0 Å². The van der Waals surface area contributed by atoms with Gasteiger partial charge in [-0.25, -0.2) is 15.0 Å². The van der Waals surface area contributed by atoms with Crippen molar-refractivity contribution in [2.24, 2.45) is 0 Å². The summed E-state index contributed by atoms with van der Waals surface area (Å²) in [7, 11) is 0. The number of anilines is 1. The lowest BCUT2D eigenvalue weighted by Gasteiger charge is -2.08. The molecule has 0 amide bonds. The molecule has 5 nitrogen and oxygen atoms in total. The lowest BCUT2D eigenvalue weighted by molar-refractivity contribution is 0.580. The van der Waals surface area contributed by atoms with Crippen LogP contribution in [-0.4, -0.2) is 15.0 Å². The Labute approximate surface area is 115 Å². The van der Waals surface area contributed by atoms with Gasteiger partial charge in [-0.15, -0.1) is 6.42 Å². The van der Waals surface area contributed by atoms with Crippen molar-refractivity contribution < 1.29 is 4.42 Å². The first-order valence-electron chi connectivity index (χ1n) is 5.87. The van der Waals surface area contributed by atoms with Gasteiger partial charge in [0.1, 0.15) is 17.8 Å². The quantitative estimate of drug-likeness (QED) is 0.717. The highest BCUT2D eigenvalue weighted by atomic mass is 16.3. The van der Waals surface area contributed by atoms with Gasteiger partial charge in [-0.1, -0.05) is 5.92 Å². The Morgan fingerprint density at radius 3 is 2.85 bits per heavy atom. The van der Waals surface area contributed by atoms with Gasteiger partial charge in [0.2, 0.25) is 0 Å². The molecule has 0 bridgehead atoms. The van der Waals surface area contributed by atoms with Crippen molar-refractivity contribution in [3.8, 4) is 35.1 Å². The van der Waals surface area contributed by atoms with E-state index in [1.165, 1.54) is 6.33 Å². The molecule has 96 valence electrons. The second-order valence-corrected chi connectivity index (χ2v) is 4.03. The molecule has 3 aromatic rings. The maximum Gasteiger partial charge on any atom is 0.153 e. The molecule has 0 saturated carbocycles. The molecule has 3 aromatic heterocycles. The predicted molar refractivity (Wildman–Crippen MR) is 75.3 cm³/mol. The van der Waals surface area contributed by atoms with Crippen LogP contribution in [0.2, 0.25) is 0 Å². The second-order valence-electron chi connectivity index (χ2n) is 4.03. The van der Waals surface area contributed by atoms with Crippen LogP contribution in [-0.2, 0) is 0 Å². The maximum absolute atomic E-state index is 5.86. The molecule has 0 spiro atoms. The van der Waals surface area contributed by atoms with Gasteiger partial charge in [-0.3, -0.25) is 0 Å². The van der Waals surface area contributed by atoms with Crippen LogP contribution < -0.4 is 5.73 Å². The smallest absolute Gasteiger partial charge is 0.153 e. The predicted octanol–water partition coefficient (Wildman–Crippen LogP) is 2.36. The zero-order valence-electron chi connectivity index (χ0n) is 10.4. The first-order valence-corrected chi connectivity index (χ1v) is 5.87. The Kier molecular flexibility index (Phi) is 2.90. The molecule has 5 heteroatoms. The first kappa shape index (κ1) is 11.9. The van der Waals surface area contributed by atoms with E-state index in [9.17, 15) is 0 Å². The van der Waals surface area contributed by atoms with Crippen LogP contribution in [0.1, 0.15) is 5.56 Å². The van der Waals surface area contributed by atoms with Crippen molar-refractivity contribution in [2.45, 2.75) is 0 Å². The summed E-state index contributed by atoms with van der Waals surface area (Å²) >= 11 is 0. The summed E-state index contributed by atoms with van der Waals surface area (Å²) in [6.45, 7) is 0. The third-order valence-corrected chi connectivity index (χ3v) is 2.82. The minimum absolute atomic E-state index is 0.289. The molecule has 0 radical (unpaired) electrons. The number of pyridine rings is 1. The number of nitrogens with zero attached hydrogens (tertiary/aromatic N) is 3. The minimum atomic E-state index is 0.289. The highest BCUT2D eigenvalue weighted by Gasteiger charge is 2.15. The molecule has 0 saturated heterocycles. The van der Waals surface area contributed by atoms with Gasteiger partial charge in [0.05, 0.1) is 17.5 Å². The Morgan fingerprint density at radius 1 is 1.30 bits per heavy atom. The topological polar surface area (TPSA) is 77.8 Å². The molecule has 0 atom stereocenters. The number of nitrogen functional groups attached to an aromatic ring is 1. The Hall–Kier alpha value is -3.13. The van der Waals surface area contributed by atoms with Crippen molar-refractivity contribution in [3.63, 3.8) is 0 Å². The number of furan rings is 1. The third-order valence-electron chi connectivity index (χ3n) is 2.82. The van der Waals surface area contributed by atoms with Crippen LogP contribution in [0.5, 0.6) is 0 Å². The lowest BCUT2D eigenvalue weighted by atomic mass is 10.0. The summed E-state index contributed by atoms with van der Waals surface area (Å²) in [6, 6.07) is 7.15. The van der Waals surface area contributed by atoms with E-state index in [0.717, 1.165) is 5.56 Å². The highest BCUT2D eigenvalue weighted by molar-refractivity contribution is 5.79. The molecule has 20 heavy (non-hydrogen) atoms. The molecule has 0 unspecified atom stereocenters. The largest absolute Gasteiger partial charge is 0.463 e. The fourth-order valence-electron chi connectivity index (χ4n) is 1.89. The summed E-state index contributed by atoms with van der Waals surface area (Å²) in [5, 5.41) is 0. The molecule has 3 heterocycles. The van der Waals surface area contributed by atoms with E-state index in [0.29, 0.717) is 22.7 Å². The van der Waals surface area contributed by atoms with Gasteiger partial charge in [0.25, 0.3) is 0 Å². The summed E-state index contributed by atoms with van der Waals surface area (Å²) in [5.41, 5.74) is 8.44. The number of aromatic nitrogens is 3. The second kappa shape index (κ2) is 4.86. The third kappa shape index (κ3) is 1.99. The normalized spacial score (nSPS) is 10.2. The Balaban J connectivity index is 2.29. The van der Waals surface area contributed by atoms with E-state index in [-0.39, 0.29) is 5.82 Å². The molecule has 0 fully saturated rings. The molecule has 0 aliphatic heterocycles. The zero-order valence-corrected chi connectivity index (χ0v) is 10.4. The van der Waals surface area contributed by atoms with Crippen molar-refractivity contribution in [1.29, 1.82) is 0 Å². The zero-order chi connectivity index (χ0) is 13.9. The highest BCUT2D eigenvalue weighted by Crippen LogP contribution is 2.31. The van der Waals surface area contributed by atoms with Gasteiger partial charge in [0.15, 0.2) is 5.76 Å². The summed E-state index contributed by atoms with van der Waals surface area (Å²) < 4.78 is 5.40. The lowest BCUT2D eigenvalue weighted by Crippen LogP contribution is -1.99. The number of nitrogens with two attached hydrogens (primary N) is 1. The monoisotopic (exact) mass is 262 g/mol. The fourth-order valence-corrected chi connectivity index (χ4v) is 1.89. The number of hydrogen-bond donors (Lipinski definition) is 1. The minimum Gasteiger partial charge on any atom is -0.463 e. The molecule has 0 aliphatic carbocycles. The van der Waals surface area contributed by atoms with Crippen LogP contribution >= 0.6 is 0 Å². The summed E-state index contributed by atoms with van der Waals surface area (Å²) in [6.07, 6.45) is 10.1. The average Bonchev–Trinajstić information content (AvgIpc) is 3.02. The van der Waals surface area contributed by atoms with Crippen LogP contribution in [0.3, 0.4) is 0 Å². The van der Waals surface area contributed by atoms with Crippen LogP contribution in [0.25, 0.3) is 22.7 Å². The van der Waals surface area contributed by atoms with Gasteiger partial charge < -0.3 is 10.2 Å². The van der Waals surface area contributed by atoms with E-state index < -0.39 is 0 Å².